The van der Waals surface area contributed by atoms with E-state index in [9.17, 15) is 13.2 Å². The number of nitrogens with one attached hydrogen (secondary N) is 1. The van der Waals surface area contributed by atoms with Crippen molar-refractivity contribution < 1.29 is 13.2 Å². The Balaban J connectivity index is 1.20. The highest BCUT2D eigenvalue weighted by molar-refractivity contribution is 7.89. The Morgan fingerprint density at radius 3 is 2.34 bits per heavy atom. The van der Waals surface area contributed by atoms with Gasteiger partial charge in [-0.2, -0.15) is 4.31 Å². The van der Waals surface area contributed by atoms with Crippen molar-refractivity contribution in [2.75, 3.05) is 25.4 Å². The number of nitrogens with zero attached hydrogens (tertiary/aromatic N) is 1. The Labute approximate surface area is 173 Å². The maximum Gasteiger partial charge on any atom is 0.245 e. The molecule has 1 heterocycles. The summed E-state index contributed by atoms with van der Waals surface area (Å²) in [6.45, 7) is 1.49. The minimum atomic E-state index is -3.58. The van der Waals surface area contributed by atoms with Crippen LogP contribution in [0.4, 0.5) is 5.69 Å². The molecule has 1 amide bonds. The molecule has 158 valence electrons. The molecule has 1 atom stereocenters. The molecule has 0 aromatic heterocycles. The standard InChI is InChI=1S/C22H31N3O3S/c23-19-3-1-2-4-20(19)29(27,28)25-6-5-15(14-25)13-24-21(26)22-10-16-7-17(11-22)9-18(8-16)12-22/h1-4,15-18H,5-14,23H2,(H,24,26). The molecule has 5 fully saturated rings. The van der Waals surface area contributed by atoms with Crippen LogP contribution in [0.25, 0.3) is 0 Å². The van der Waals surface area contributed by atoms with E-state index in [-0.39, 0.29) is 27.8 Å². The van der Waals surface area contributed by atoms with Crippen LogP contribution in [0.5, 0.6) is 0 Å². The van der Waals surface area contributed by atoms with Gasteiger partial charge in [-0.3, -0.25) is 4.79 Å². The number of carbonyl (C=O) groups excluding carboxylic acids is 1. The second kappa shape index (κ2) is 6.98. The minimum Gasteiger partial charge on any atom is -0.398 e. The molecule has 4 aliphatic carbocycles. The van der Waals surface area contributed by atoms with Gasteiger partial charge in [-0.15, -0.1) is 0 Å². The van der Waals surface area contributed by atoms with Crippen molar-refractivity contribution in [2.24, 2.45) is 29.1 Å². The number of anilines is 1. The Morgan fingerprint density at radius 2 is 1.72 bits per heavy atom. The normalized spacial score (nSPS) is 36.4. The molecular weight excluding hydrogens is 386 g/mol. The number of sulfonamides is 1. The average molecular weight is 418 g/mol. The third-order valence-electron chi connectivity index (χ3n) is 7.86. The summed E-state index contributed by atoms with van der Waals surface area (Å²) in [6.07, 6.45) is 7.92. The first kappa shape index (κ1) is 19.4. The van der Waals surface area contributed by atoms with Crippen LogP contribution in [-0.4, -0.2) is 38.3 Å². The number of hydrogen-bond donors (Lipinski definition) is 2. The zero-order valence-corrected chi connectivity index (χ0v) is 17.7. The van der Waals surface area contributed by atoms with Crippen LogP contribution in [0, 0.1) is 29.1 Å². The predicted octanol–water partition coefficient (Wildman–Crippen LogP) is 2.61. The number of carbonyl (C=O) groups is 1. The summed E-state index contributed by atoms with van der Waals surface area (Å²) >= 11 is 0. The molecule has 5 aliphatic rings. The number of para-hydroxylation sites is 1. The van der Waals surface area contributed by atoms with Crippen molar-refractivity contribution >= 4 is 21.6 Å². The van der Waals surface area contributed by atoms with Crippen LogP contribution in [0.2, 0.25) is 0 Å². The van der Waals surface area contributed by atoms with Gasteiger partial charge in [-0.1, -0.05) is 12.1 Å². The maximum atomic E-state index is 13.1. The smallest absolute Gasteiger partial charge is 0.245 e. The van der Waals surface area contributed by atoms with Gasteiger partial charge in [0.2, 0.25) is 15.9 Å². The quantitative estimate of drug-likeness (QED) is 0.721. The first-order valence-electron chi connectivity index (χ1n) is 11.0. The van der Waals surface area contributed by atoms with Crippen molar-refractivity contribution in [3.63, 3.8) is 0 Å². The van der Waals surface area contributed by atoms with E-state index in [4.69, 9.17) is 5.73 Å². The number of benzene rings is 1. The Morgan fingerprint density at radius 1 is 1.10 bits per heavy atom. The van der Waals surface area contributed by atoms with Crippen LogP contribution in [0.15, 0.2) is 29.2 Å². The van der Waals surface area contributed by atoms with Gasteiger partial charge in [0.25, 0.3) is 0 Å². The molecule has 0 radical (unpaired) electrons. The summed E-state index contributed by atoms with van der Waals surface area (Å²) in [5.41, 5.74) is 6.03. The first-order chi connectivity index (χ1) is 13.9. The zero-order chi connectivity index (χ0) is 20.2. The zero-order valence-electron chi connectivity index (χ0n) is 16.8. The number of nitrogens with two attached hydrogens (primary N) is 1. The van der Waals surface area contributed by atoms with Gasteiger partial charge in [0.1, 0.15) is 4.90 Å². The van der Waals surface area contributed by atoms with E-state index < -0.39 is 10.0 Å². The van der Waals surface area contributed by atoms with E-state index in [1.165, 1.54) is 23.6 Å². The first-order valence-corrected chi connectivity index (χ1v) is 12.4. The van der Waals surface area contributed by atoms with E-state index in [2.05, 4.69) is 5.32 Å². The highest BCUT2D eigenvalue weighted by atomic mass is 32.2. The molecule has 6 nitrogen and oxygen atoms in total. The van der Waals surface area contributed by atoms with E-state index in [1.807, 2.05) is 0 Å². The molecule has 1 aromatic carbocycles. The molecule has 1 aromatic rings. The van der Waals surface area contributed by atoms with Crippen LogP contribution >= 0.6 is 0 Å². The van der Waals surface area contributed by atoms with E-state index in [1.54, 1.807) is 24.3 Å². The van der Waals surface area contributed by atoms with Crippen molar-refractivity contribution in [3.8, 4) is 0 Å². The molecule has 1 unspecified atom stereocenters. The average Bonchev–Trinajstić information content (AvgIpc) is 3.15. The van der Waals surface area contributed by atoms with E-state index in [0.29, 0.717) is 19.6 Å². The van der Waals surface area contributed by atoms with Gasteiger partial charge in [0.15, 0.2) is 0 Å². The molecule has 1 saturated heterocycles. The lowest BCUT2D eigenvalue weighted by Crippen LogP contribution is -2.54. The summed E-state index contributed by atoms with van der Waals surface area (Å²) in [7, 11) is -3.58. The second-order valence-electron chi connectivity index (χ2n) is 9.96. The minimum absolute atomic E-state index is 0.141. The van der Waals surface area contributed by atoms with Crippen molar-refractivity contribution in [2.45, 2.75) is 49.8 Å². The Bertz CT molecular complexity index is 878. The number of rotatable bonds is 5. The largest absolute Gasteiger partial charge is 0.398 e. The molecule has 29 heavy (non-hydrogen) atoms. The van der Waals surface area contributed by atoms with Gasteiger partial charge in [-0.25, -0.2) is 8.42 Å². The summed E-state index contributed by atoms with van der Waals surface area (Å²) in [4.78, 5) is 13.3. The van der Waals surface area contributed by atoms with E-state index in [0.717, 1.165) is 43.4 Å². The van der Waals surface area contributed by atoms with Crippen LogP contribution in [-0.2, 0) is 14.8 Å². The Hall–Kier alpha value is -1.60. The fourth-order valence-corrected chi connectivity index (χ4v) is 8.50. The van der Waals surface area contributed by atoms with Gasteiger partial charge in [0.05, 0.1) is 5.69 Å². The van der Waals surface area contributed by atoms with Gasteiger partial charge >= 0.3 is 0 Å². The lowest BCUT2D eigenvalue weighted by Gasteiger charge is -2.55. The highest BCUT2D eigenvalue weighted by Crippen LogP contribution is 2.60. The Kier molecular flexibility index (Phi) is 4.66. The van der Waals surface area contributed by atoms with Crippen molar-refractivity contribution in [1.29, 1.82) is 0 Å². The van der Waals surface area contributed by atoms with Crippen LogP contribution in [0.3, 0.4) is 0 Å². The lowest BCUT2D eigenvalue weighted by atomic mass is 9.49. The molecule has 4 saturated carbocycles. The fraction of sp³-hybridized carbons (Fsp3) is 0.682. The monoisotopic (exact) mass is 417 g/mol. The molecule has 1 aliphatic heterocycles. The summed E-state index contributed by atoms with van der Waals surface area (Å²) < 4.78 is 27.4. The van der Waals surface area contributed by atoms with Crippen molar-refractivity contribution in [1.82, 2.24) is 9.62 Å². The summed E-state index contributed by atoms with van der Waals surface area (Å²) in [5.74, 6) is 2.62. The molecule has 4 bridgehead atoms. The lowest BCUT2D eigenvalue weighted by molar-refractivity contribution is -0.146. The van der Waals surface area contributed by atoms with Crippen molar-refractivity contribution in [3.05, 3.63) is 24.3 Å². The SMILES string of the molecule is Nc1ccccc1S(=O)(=O)N1CCC(CNC(=O)C23CC4CC(CC(C4)C2)C3)C1. The number of amides is 1. The second-order valence-corrected chi connectivity index (χ2v) is 11.9. The molecule has 7 heteroatoms. The van der Waals surface area contributed by atoms with Gasteiger partial charge in [-0.05, 0) is 80.8 Å². The number of hydrogen-bond acceptors (Lipinski definition) is 4. The number of nitrogen functional groups attached to an aromatic ring is 1. The molecule has 3 N–H and O–H groups in total. The molecule has 0 spiro atoms. The fourth-order valence-electron chi connectivity index (χ4n) is 6.85. The molecular formula is C22H31N3O3S. The van der Waals surface area contributed by atoms with Crippen LogP contribution in [0.1, 0.15) is 44.9 Å². The third-order valence-corrected chi connectivity index (χ3v) is 9.80. The summed E-state index contributed by atoms with van der Waals surface area (Å²) in [6, 6.07) is 6.61. The highest BCUT2D eigenvalue weighted by Gasteiger charge is 2.54. The third kappa shape index (κ3) is 3.36. The van der Waals surface area contributed by atoms with Crippen LogP contribution < -0.4 is 11.1 Å². The topological polar surface area (TPSA) is 92.5 Å². The maximum absolute atomic E-state index is 13.1. The van der Waals surface area contributed by atoms with Gasteiger partial charge < -0.3 is 11.1 Å². The molecule has 6 rings (SSSR count). The van der Waals surface area contributed by atoms with Gasteiger partial charge in [0, 0.05) is 25.0 Å². The van der Waals surface area contributed by atoms with E-state index >= 15 is 0 Å². The summed E-state index contributed by atoms with van der Waals surface area (Å²) in [5, 5.41) is 3.22. The predicted molar refractivity (Wildman–Crippen MR) is 111 cm³/mol.